The Balaban J connectivity index is 2.15. The van der Waals surface area contributed by atoms with E-state index in [1.54, 1.807) is 31.4 Å². The number of hydrogen-bond donors (Lipinski definition) is 2. The van der Waals surface area contributed by atoms with Gasteiger partial charge in [0.25, 0.3) is 0 Å². The van der Waals surface area contributed by atoms with Crippen molar-refractivity contribution in [1.82, 2.24) is 0 Å². The second-order valence-electron chi connectivity index (χ2n) is 4.49. The Bertz CT molecular complexity index is 660. The summed E-state index contributed by atoms with van der Waals surface area (Å²) in [4.78, 5) is 0. The molecule has 2 aromatic rings. The van der Waals surface area contributed by atoms with Crippen molar-refractivity contribution in [3.63, 3.8) is 0 Å². The lowest BCUT2D eigenvalue weighted by molar-refractivity contribution is 0.406. The molecule has 0 radical (unpaired) electrons. The Morgan fingerprint density at radius 3 is 2.70 bits per heavy atom. The van der Waals surface area contributed by atoms with Crippen LogP contribution in [0.3, 0.4) is 0 Å². The largest absolute Gasteiger partial charge is 0.507 e. The number of nitriles is 1. The maximum atomic E-state index is 9.90. The van der Waals surface area contributed by atoms with Gasteiger partial charge in [-0.05, 0) is 36.8 Å². The number of phenols is 1. The first-order valence-corrected chi connectivity index (χ1v) is 6.24. The summed E-state index contributed by atoms with van der Waals surface area (Å²) < 4.78 is 5.05. The Hall–Kier alpha value is -2.67. The highest BCUT2D eigenvalue weighted by molar-refractivity contribution is 5.56. The fourth-order valence-electron chi connectivity index (χ4n) is 1.89. The van der Waals surface area contributed by atoms with E-state index in [0.717, 1.165) is 16.8 Å². The van der Waals surface area contributed by atoms with E-state index in [-0.39, 0.29) is 5.75 Å². The van der Waals surface area contributed by atoms with Crippen LogP contribution in [0.15, 0.2) is 36.4 Å². The van der Waals surface area contributed by atoms with E-state index in [1.807, 2.05) is 19.1 Å². The standard InChI is InChI=1S/C16H16N2O2/c1-11-3-4-12(9-17)7-15(11)18-10-13-5-6-14(20-2)8-16(13)19/h3-8,18-19H,10H2,1-2H3. The highest BCUT2D eigenvalue weighted by Gasteiger charge is 2.05. The molecule has 4 heteroatoms. The predicted molar refractivity (Wildman–Crippen MR) is 77.9 cm³/mol. The zero-order valence-electron chi connectivity index (χ0n) is 11.5. The number of methoxy groups -OCH3 is 1. The van der Waals surface area contributed by atoms with Gasteiger partial charge in [0.05, 0.1) is 18.7 Å². The van der Waals surface area contributed by atoms with Gasteiger partial charge in [-0.2, -0.15) is 5.26 Å². The molecule has 0 saturated carbocycles. The van der Waals surface area contributed by atoms with E-state index in [4.69, 9.17) is 10.00 Å². The monoisotopic (exact) mass is 268 g/mol. The summed E-state index contributed by atoms with van der Waals surface area (Å²) >= 11 is 0. The number of phenolic OH excluding ortho intramolecular Hbond substituents is 1. The topological polar surface area (TPSA) is 65.3 Å². The lowest BCUT2D eigenvalue weighted by atomic mass is 10.1. The number of aryl methyl sites for hydroxylation is 1. The molecule has 0 bridgehead atoms. The third-order valence-electron chi connectivity index (χ3n) is 3.13. The van der Waals surface area contributed by atoms with Gasteiger partial charge in [-0.3, -0.25) is 0 Å². The first kappa shape index (κ1) is 13.8. The first-order valence-electron chi connectivity index (χ1n) is 6.24. The quantitative estimate of drug-likeness (QED) is 0.893. The van der Waals surface area contributed by atoms with Gasteiger partial charge >= 0.3 is 0 Å². The van der Waals surface area contributed by atoms with Crippen LogP contribution in [0.25, 0.3) is 0 Å². The number of aromatic hydroxyl groups is 1. The molecule has 0 unspecified atom stereocenters. The average molecular weight is 268 g/mol. The fourth-order valence-corrected chi connectivity index (χ4v) is 1.89. The molecule has 0 aliphatic heterocycles. The van der Waals surface area contributed by atoms with Crippen LogP contribution in [-0.4, -0.2) is 12.2 Å². The molecule has 20 heavy (non-hydrogen) atoms. The van der Waals surface area contributed by atoms with Crippen molar-refractivity contribution in [3.8, 4) is 17.6 Å². The van der Waals surface area contributed by atoms with E-state index < -0.39 is 0 Å². The van der Waals surface area contributed by atoms with Crippen LogP contribution in [0.5, 0.6) is 11.5 Å². The second kappa shape index (κ2) is 5.98. The van der Waals surface area contributed by atoms with Gasteiger partial charge < -0.3 is 15.2 Å². The summed E-state index contributed by atoms with van der Waals surface area (Å²) in [5.74, 6) is 0.805. The van der Waals surface area contributed by atoms with Crippen molar-refractivity contribution in [2.45, 2.75) is 13.5 Å². The van der Waals surface area contributed by atoms with Gasteiger partial charge in [-0.25, -0.2) is 0 Å². The zero-order valence-corrected chi connectivity index (χ0v) is 11.5. The molecule has 0 saturated heterocycles. The van der Waals surface area contributed by atoms with Gasteiger partial charge in [-0.1, -0.05) is 6.07 Å². The summed E-state index contributed by atoms with van der Waals surface area (Å²) in [7, 11) is 1.56. The zero-order chi connectivity index (χ0) is 14.5. The summed E-state index contributed by atoms with van der Waals surface area (Å²) in [5, 5.41) is 22.0. The molecule has 4 nitrogen and oxygen atoms in total. The summed E-state index contributed by atoms with van der Waals surface area (Å²) in [6, 6.07) is 12.8. The van der Waals surface area contributed by atoms with Crippen LogP contribution >= 0.6 is 0 Å². The van der Waals surface area contributed by atoms with E-state index in [1.165, 1.54) is 0 Å². The van der Waals surface area contributed by atoms with Crippen molar-refractivity contribution < 1.29 is 9.84 Å². The molecule has 102 valence electrons. The van der Waals surface area contributed by atoms with Crippen LogP contribution in [0.2, 0.25) is 0 Å². The Kier molecular flexibility index (Phi) is 4.11. The number of hydrogen-bond acceptors (Lipinski definition) is 4. The SMILES string of the molecule is COc1ccc(CNc2cc(C#N)ccc2C)c(O)c1. The number of anilines is 1. The second-order valence-corrected chi connectivity index (χ2v) is 4.49. The van der Waals surface area contributed by atoms with Gasteiger partial charge in [-0.15, -0.1) is 0 Å². The molecule has 0 aromatic heterocycles. The number of benzene rings is 2. The van der Waals surface area contributed by atoms with Crippen molar-refractivity contribution in [2.24, 2.45) is 0 Å². The van der Waals surface area contributed by atoms with Crippen LogP contribution in [0, 0.1) is 18.3 Å². The third-order valence-corrected chi connectivity index (χ3v) is 3.13. The molecular formula is C16H16N2O2. The Labute approximate surface area is 118 Å². The first-order chi connectivity index (χ1) is 9.63. The van der Waals surface area contributed by atoms with Crippen LogP contribution in [0.1, 0.15) is 16.7 Å². The summed E-state index contributed by atoms with van der Waals surface area (Å²) in [5.41, 5.74) is 3.32. The van der Waals surface area contributed by atoms with E-state index in [9.17, 15) is 5.11 Å². The normalized spacial score (nSPS) is 9.85. The van der Waals surface area contributed by atoms with Crippen LogP contribution in [0.4, 0.5) is 5.69 Å². The highest BCUT2D eigenvalue weighted by atomic mass is 16.5. The minimum absolute atomic E-state index is 0.186. The smallest absolute Gasteiger partial charge is 0.124 e. The molecule has 0 spiro atoms. The van der Waals surface area contributed by atoms with Gasteiger partial charge in [0.2, 0.25) is 0 Å². The van der Waals surface area contributed by atoms with Crippen LogP contribution in [-0.2, 0) is 6.54 Å². The predicted octanol–water partition coefficient (Wildman–Crippen LogP) is 3.19. The molecule has 0 aliphatic carbocycles. The minimum atomic E-state index is 0.186. The molecule has 0 aliphatic rings. The van der Waals surface area contributed by atoms with Crippen molar-refractivity contribution in [2.75, 3.05) is 12.4 Å². The summed E-state index contributed by atoms with van der Waals surface area (Å²) in [6.45, 7) is 2.45. The maximum Gasteiger partial charge on any atom is 0.124 e. The lowest BCUT2D eigenvalue weighted by Crippen LogP contribution is -2.02. The molecule has 2 N–H and O–H groups in total. The average Bonchev–Trinajstić information content (AvgIpc) is 2.47. The van der Waals surface area contributed by atoms with Gasteiger partial charge in [0.1, 0.15) is 11.5 Å². The molecule has 0 heterocycles. The van der Waals surface area contributed by atoms with Gasteiger partial charge in [0.15, 0.2) is 0 Å². The van der Waals surface area contributed by atoms with Gasteiger partial charge in [0, 0.05) is 23.9 Å². The molecular weight excluding hydrogens is 252 g/mol. The van der Waals surface area contributed by atoms with Crippen molar-refractivity contribution in [1.29, 1.82) is 5.26 Å². The number of rotatable bonds is 4. The van der Waals surface area contributed by atoms with E-state index in [0.29, 0.717) is 17.9 Å². The Morgan fingerprint density at radius 1 is 1.25 bits per heavy atom. The lowest BCUT2D eigenvalue weighted by Gasteiger charge is -2.11. The maximum absolute atomic E-state index is 9.90. The molecule has 2 aromatic carbocycles. The number of nitrogens with zero attached hydrogens (tertiary/aromatic N) is 1. The van der Waals surface area contributed by atoms with Crippen molar-refractivity contribution in [3.05, 3.63) is 53.1 Å². The minimum Gasteiger partial charge on any atom is -0.507 e. The number of nitrogens with one attached hydrogen (secondary N) is 1. The number of ether oxygens (including phenoxy) is 1. The Morgan fingerprint density at radius 2 is 2.05 bits per heavy atom. The molecule has 0 atom stereocenters. The van der Waals surface area contributed by atoms with Crippen molar-refractivity contribution >= 4 is 5.69 Å². The third kappa shape index (κ3) is 3.01. The highest BCUT2D eigenvalue weighted by Crippen LogP contribution is 2.25. The summed E-state index contributed by atoms with van der Waals surface area (Å²) in [6.07, 6.45) is 0. The molecule has 0 amide bonds. The molecule has 0 fully saturated rings. The molecule has 2 rings (SSSR count). The van der Waals surface area contributed by atoms with E-state index >= 15 is 0 Å². The van der Waals surface area contributed by atoms with Crippen LogP contribution < -0.4 is 10.1 Å². The van der Waals surface area contributed by atoms with E-state index in [2.05, 4.69) is 11.4 Å². The fraction of sp³-hybridized carbons (Fsp3) is 0.188.